The van der Waals surface area contributed by atoms with Crippen LogP contribution in [0.3, 0.4) is 0 Å². The van der Waals surface area contributed by atoms with Gasteiger partial charge in [0.05, 0.1) is 0 Å². The molecule has 0 spiro atoms. The van der Waals surface area contributed by atoms with Crippen LogP contribution >= 0.6 is 0 Å². The van der Waals surface area contributed by atoms with Crippen LogP contribution in [0.5, 0.6) is 0 Å². The van der Waals surface area contributed by atoms with Crippen molar-refractivity contribution in [2.75, 3.05) is 0 Å². The van der Waals surface area contributed by atoms with Crippen molar-refractivity contribution in [3.63, 3.8) is 0 Å². The topological polar surface area (TPSA) is 77.0 Å². The molecule has 2 bridgehead atoms. The molecular weight excluding hydrogens is 276 g/mol. The van der Waals surface area contributed by atoms with E-state index in [9.17, 15) is 0 Å². The van der Waals surface area contributed by atoms with E-state index in [0.29, 0.717) is 30.4 Å². The van der Waals surface area contributed by atoms with Crippen LogP contribution < -0.4 is 11.1 Å². The van der Waals surface area contributed by atoms with Gasteiger partial charge in [0.1, 0.15) is 0 Å². The Morgan fingerprint density at radius 3 is 2.55 bits per heavy atom. The number of benzene rings is 1. The summed E-state index contributed by atoms with van der Waals surface area (Å²) in [6.07, 6.45) is 6.02. The molecule has 1 aromatic carbocycles. The number of nitrogens with two attached hydrogens (primary N) is 1. The first-order valence-electron chi connectivity index (χ1n) is 8.18. The summed E-state index contributed by atoms with van der Waals surface area (Å²) in [7, 11) is 0. The molecule has 0 amide bonds. The highest BCUT2D eigenvalue weighted by Crippen LogP contribution is 2.32. The smallest absolute Gasteiger partial charge is 0.227 e. The minimum atomic E-state index is 0.551. The van der Waals surface area contributed by atoms with Crippen molar-refractivity contribution < 1.29 is 4.52 Å². The van der Waals surface area contributed by atoms with Crippen LogP contribution in [-0.4, -0.2) is 22.2 Å². The molecule has 2 aliphatic heterocycles. The van der Waals surface area contributed by atoms with Gasteiger partial charge in [-0.15, -0.1) is 0 Å². The Kier molecular flexibility index (Phi) is 3.68. The Hall–Kier alpha value is -1.72. The summed E-state index contributed by atoms with van der Waals surface area (Å²) in [6.45, 7) is 0.551. The fraction of sp³-hybridized carbons (Fsp3) is 0.529. The molecule has 3 N–H and O–H groups in total. The normalized spacial score (nSPS) is 27.2. The lowest BCUT2D eigenvalue weighted by Crippen LogP contribution is -2.38. The van der Waals surface area contributed by atoms with E-state index in [2.05, 4.69) is 15.5 Å². The largest absolute Gasteiger partial charge is 0.339 e. The van der Waals surface area contributed by atoms with Crippen LogP contribution in [-0.2, 0) is 13.0 Å². The highest BCUT2D eigenvalue weighted by molar-refractivity contribution is 5.54. The molecule has 3 heterocycles. The highest BCUT2D eigenvalue weighted by atomic mass is 16.5. The van der Waals surface area contributed by atoms with Gasteiger partial charge < -0.3 is 15.6 Å². The van der Waals surface area contributed by atoms with E-state index >= 15 is 0 Å². The summed E-state index contributed by atoms with van der Waals surface area (Å²) >= 11 is 0. The zero-order chi connectivity index (χ0) is 14.9. The monoisotopic (exact) mass is 298 g/mol. The second kappa shape index (κ2) is 5.82. The van der Waals surface area contributed by atoms with Gasteiger partial charge in [-0.25, -0.2) is 0 Å². The van der Waals surface area contributed by atoms with Crippen molar-refractivity contribution in [2.45, 2.75) is 50.7 Å². The summed E-state index contributed by atoms with van der Waals surface area (Å²) in [6, 6.07) is 9.43. The number of hydrogen-bond donors (Lipinski definition) is 2. The van der Waals surface area contributed by atoms with E-state index in [1.807, 2.05) is 24.3 Å². The molecule has 0 aliphatic carbocycles. The quantitative estimate of drug-likeness (QED) is 0.905. The number of nitrogens with one attached hydrogen (secondary N) is 1. The van der Waals surface area contributed by atoms with Crippen molar-refractivity contribution in [3.05, 3.63) is 35.7 Å². The van der Waals surface area contributed by atoms with Gasteiger partial charge in [0.2, 0.25) is 11.7 Å². The SMILES string of the molecule is NCc1ccc(-c2noc(CC3CC4CCC(C3)N4)n2)cc1. The van der Waals surface area contributed by atoms with Gasteiger partial charge in [0.15, 0.2) is 0 Å². The molecule has 2 aliphatic rings. The highest BCUT2D eigenvalue weighted by Gasteiger charge is 2.34. The predicted octanol–water partition coefficient (Wildman–Crippen LogP) is 2.27. The molecule has 0 saturated carbocycles. The zero-order valence-electron chi connectivity index (χ0n) is 12.7. The Balaban J connectivity index is 1.44. The van der Waals surface area contributed by atoms with Crippen LogP contribution in [0.1, 0.15) is 37.1 Å². The van der Waals surface area contributed by atoms with E-state index in [0.717, 1.165) is 23.4 Å². The number of fused-ring (bicyclic) bond motifs is 2. The van der Waals surface area contributed by atoms with Crippen LogP contribution in [0, 0.1) is 5.92 Å². The number of rotatable bonds is 4. The zero-order valence-corrected chi connectivity index (χ0v) is 12.7. The van der Waals surface area contributed by atoms with Gasteiger partial charge in [0, 0.05) is 30.6 Å². The van der Waals surface area contributed by atoms with Crippen molar-refractivity contribution in [1.29, 1.82) is 0 Å². The van der Waals surface area contributed by atoms with Gasteiger partial charge in [-0.05, 0) is 37.2 Å². The number of hydrogen-bond acceptors (Lipinski definition) is 5. The average molecular weight is 298 g/mol. The van der Waals surface area contributed by atoms with Gasteiger partial charge in [-0.2, -0.15) is 4.98 Å². The molecule has 0 radical (unpaired) electrons. The van der Waals surface area contributed by atoms with Crippen LogP contribution in [0.4, 0.5) is 0 Å². The molecule has 116 valence electrons. The van der Waals surface area contributed by atoms with Crippen LogP contribution in [0.2, 0.25) is 0 Å². The molecule has 2 aromatic rings. The second-order valence-corrected chi connectivity index (χ2v) is 6.59. The maximum atomic E-state index is 5.62. The molecule has 5 heteroatoms. The summed E-state index contributed by atoms with van der Waals surface area (Å²) < 4.78 is 5.46. The van der Waals surface area contributed by atoms with Crippen molar-refractivity contribution in [2.24, 2.45) is 11.7 Å². The lowest BCUT2D eigenvalue weighted by atomic mass is 9.90. The molecule has 22 heavy (non-hydrogen) atoms. The number of piperidine rings is 1. The third-order valence-electron chi connectivity index (χ3n) is 4.95. The lowest BCUT2D eigenvalue weighted by molar-refractivity contribution is 0.270. The molecule has 1 aromatic heterocycles. The van der Waals surface area contributed by atoms with E-state index in [1.165, 1.54) is 25.7 Å². The third kappa shape index (κ3) is 2.78. The number of aromatic nitrogens is 2. The molecule has 2 saturated heterocycles. The summed E-state index contributed by atoms with van der Waals surface area (Å²) in [5.41, 5.74) is 7.71. The maximum Gasteiger partial charge on any atom is 0.227 e. The molecule has 2 atom stereocenters. The first kappa shape index (κ1) is 13.9. The first-order valence-corrected chi connectivity index (χ1v) is 8.18. The van der Waals surface area contributed by atoms with E-state index in [1.54, 1.807) is 0 Å². The maximum absolute atomic E-state index is 5.62. The van der Waals surface area contributed by atoms with Crippen molar-refractivity contribution in [3.8, 4) is 11.4 Å². The average Bonchev–Trinajstić information content (AvgIpc) is 3.14. The van der Waals surface area contributed by atoms with Crippen molar-refractivity contribution >= 4 is 0 Å². The Morgan fingerprint density at radius 1 is 1.14 bits per heavy atom. The lowest BCUT2D eigenvalue weighted by Gasteiger charge is -2.27. The summed E-state index contributed by atoms with van der Waals surface area (Å²) in [5, 5.41) is 7.80. The van der Waals surface area contributed by atoms with Gasteiger partial charge in [-0.3, -0.25) is 0 Å². The van der Waals surface area contributed by atoms with Gasteiger partial charge >= 0.3 is 0 Å². The molecule has 2 fully saturated rings. The van der Waals surface area contributed by atoms with E-state index in [-0.39, 0.29) is 0 Å². The minimum Gasteiger partial charge on any atom is -0.339 e. The fourth-order valence-corrected chi connectivity index (χ4v) is 3.83. The standard InChI is InChI=1S/C17H22N4O/c18-10-11-1-3-13(4-2-11)17-20-16(22-21-17)9-12-7-14-5-6-15(8-12)19-14/h1-4,12,14-15,19H,5-10,18H2. The van der Waals surface area contributed by atoms with E-state index in [4.69, 9.17) is 10.3 Å². The van der Waals surface area contributed by atoms with E-state index < -0.39 is 0 Å². The van der Waals surface area contributed by atoms with Crippen molar-refractivity contribution in [1.82, 2.24) is 15.5 Å². The Bertz CT molecular complexity index is 624. The summed E-state index contributed by atoms with van der Waals surface area (Å²) in [5.74, 6) is 2.12. The van der Waals surface area contributed by atoms with Gasteiger partial charge in [-0.1, -0.05) is 29.4 Å². The van der Waals surface area contributed by atoms with Gasteiger partial charge in [0.25, 0.3) is 0 Å². The van der Waals surface area contributed by atoms with Crippen LogP contribution in [0.25, 0.3) is 11.4 Å². The second-order valence-electron chi connectivity index (χ2n) is 6.59. The Morgan fingerprint density at radius 2 is 1.86 bits per heavy atom. The van der Waals surface area contributed by atoms with Crippen LogP contribution in [0.15, 0.2) is 28.8 Å². The fourth-order valence-electron chi connectivity index (χ4n) is 3.83. The molecule has 2 unspecified atom stereocenters. The summed E-state index contributed by atoms with van der Waals surface area (Å²) in [4.78, 5) is 4.57. The molecular formula is C17H22N4O. The first-order chi connectivity index (χ1) is 10.8. The molecule has 5 nitrogen and oxygen atoms in total. The number of nitrogens with zero attached hydrogens (tertiary/aromatic N) is 2. The Labute approximate surface area is 130 Å². The third-order valence-corrected chi connectivity index (χ3v) is 4.95. The predicted molar refractivity (Wildman–Crippen MR) is 84.0 cm³/mol. The minimum absolute atomic E-state index is 0.551. The molecule has 4 rings (SSSR count).